The maximum atomic E-state index is 13.6. The predicted octanol–water partition coefficient (Wildman–Crippen LogP) is 4.93. The van der Waals surface area contributed by atoms with Gasteiger partial charge in [-0.2, -0.15) is 0 Å². The lowest BCUT2D eigenvalue weighted by Crippen LogP contribution is -2.49. The van der Waals surface area contributed by atoms with E-state index in [1.165, 1.54) is 44.2 Å². The molecule has 0 unspecified atom stereocenters. The van der Waals surface area contributed by atoms with Crippen LogP contribution in [0.15, 0.2) is 58.9 Å². The fourth-order valence-corrected chi connectivity index (χ4v) is 6.03. The largest absolute Gasteiger partial charge is 0.573 e. The molecule has 2 aromatic carbocycles. The Morgan fingerprint density at radius 3 is 2.14 bits per heavy atom. The van der Waals surface area contributed by atoms with E-state index >= 15 is 0 Å². The number of anilines is 1. The number of hydrogen-bond donors (Lipinski definition) is 4. The van der Waals surface area contributed by atoms with Gasteiger partial charge in [0.05, 0.1) is 10.7 Å². The molecule has 0 saturated heterocycles. The van der Waals surface area contributed by atoms with E-state index in [0.717, 1.165) is 49.3 Å². The summed E-state index contributed by atoms with van der Waals surface area (Å²) in [6.45, 7) is 0.289. The van der Waals surface area contributed by atoms with Gasteiger partial charge < -0.3 is 15.0 Å². The van der Waals surface area contributed by atoms with Crippen LogP contribution in [0.3, 0.4) is 0 Å². The first-order chi connectivity index (χ1) is 20.1. The third-order valence-electron chi connectivity index (χ3n) is 8.07. The van der Waals surface area contributed by atoms with Gasteiger partial charge >= 0.3 is 24.3 Å². The minimum atomic E-state index is -4.80. The van der Waals surface area contributed by atoms with Gasteiger partial charge in [-0.15, -0.1) is 13.2 Å². The van der Waals surface area contributed by atoms with E-state index in [2.05, 4.69) is 25.7 Å². The SMILES string of the molecule is NN=NC(=[NH2+])NC(=O)c1ccc(CN(C(=O)Nc2ccc(OC(F)(F)F)cc2)C2CCC(C3CCCCC3)CC2)cc1. The molecule has 0 atom stereocenters. The number of nitrogens with zero attached hydrogens (tertiary/aromatic N) is 3. The van der Waals surface area contributed by atoms with Crippen LogP contribution in [0.4, 0.5) is 23.7 Å². The molecule has 2 aromatic rings. The highest BCUT2D eigenvalue weighted by atomic mass is 19.4. The molecular formula is C29H37F3N7O3+. The summed E-state index contributed by atoms with van der Waals surface area (Å²) in [6, 6.07) is 11.5. The molecule has 4 rings (SSSR count). The Labute approximate surface area is 242 Å². The van der Waals surface area contributed by atoms with Crippen molar-refractivity contribution >= 4 is 23.6 Å². The van der Waals surface area contributed by atoms with Gasteiger partial charge in [-0.1, -0.05) is 44.2 Å². The average molecular weight is 589 g/mol. The Kier molecular flexibility index (Phi) is 10.4. The van der Waals surface area contributed by atoms with Crippen LogP contribution >= 0.6 is 0 Å². The molecule has 2 fully saturated rings. The minimum Gasteiger partial charge on any atom is -0.406 e. The second-order valence-electron chi connectivity index (χ2n) is 10.8. The Bertz CT molecular complexity index is 1240. The first-order valence-electron chi connectivity index (χ1n) is 14.2. The summed E-state index contributed by atoms with van der Waals surface area (Å²) < 4.78 is 41.5. The average Bonchev–Trinajstić information content (AvgIpc) is 2.97. The number of nitrogens with one attached hydrogen (secondary N) is 2. The maximum Gasteiger partial charge on any atom is 0.573 e. The Morgan fingerprint density at radius 2 is 1.55 bits per heavy atom. The minimum absolute atomic E-state index is 0.00308. The predicted molar refractivity (Wildman–Crippen MR) is 150 cm³/mol. The van der Waals surface area contributed by atoms with Gasteiger partial charge in [-0.25, -0.2) is 10.1 Å². The number of hydrogen-bond acceptors (Lipinski definition) is 4. The first-order valence-corrected chi connectivity index (χ1v) is 14.2. The molecule has 0 aliphatic heterocycles. The van der Waals surface area contributed by atoms with Crippen molar-refractivity contribution in [1.82, 2.24) is 10.2 Å². The van der Waals surface area contributed by atoms with E-state index in [0.29, 0.717) is 17.2 Å². The van der Waals surface area contributed by atoms with Crippen molar-refractivity contribution in [2.75, 3.05) is 5.32 Å². The molecule has 10 nitrogen and oxygen atoms in total. The van der Waals surface area contributed by atoms with E-state index in [1.54, 1.807) is 29.2 Å². The van der Waals surface area contributed by atoms with Gasteiger partial charge in [-0.3, -0.25) is 16.0 Å². The van der Waals surface area contributed by atoms with Gasteiger partial charge in [0.1, 0.15) is 5.75 Å². The standard InChI is InChI=1S/C29H36F3N7O3/c30-29(31,32)42-25-16-12-23(13-17-25)35-28(41)39(24-14-10-21(11-15-24)20-4-2-1-3-5-20)18-19-6-8-22(9-7-19)26(40)36-27(33)37-38-34/h6-9,12-13,16-17,20-21,24H,1-5,10-11,14-15,18H2,(H,35,41)(H4,33,34,36,37,40)/p+1. The molecule has 226 valence electrons. The van der Waals surface area contributed by atoms with Gasteiger partial charge in [0.15, 0.2) is 0 Å². The lowest BCUT2D eigenvalue weighted by Gasteiger charge is -2.40. The smallest absolute Gasteiger partial charge is 0.406 e. The third-order valence-corrected chi connectivity index (χ3v) is 8.07. The highest BCUT2D eigenvalue weighted by molar-refractivity contribution is 6.04. The van der Waals surface area contributed by atoms with Crippen LogP contribution in [0.5, 0.6) is 5.75 Å². The lowest BCUT2D eigenvalue weighted by molar-refractivity contribution is -0.274. The number of carbonyl (C=O) groups is 2. The molecule has 42 heavy (non-hydrogen) atoms. The first kappa shape index (κ1) is 30.8. The molecule has 3 amide bonds. The van der Waals surface area contributed by atoms with Crippen molar-refractivity contribution in [1.29, 1.82) is 0 Å². The Morgan fingerprint density at radius 1 is 0.929 bits per heavy atom. The van der Waals surface area contributed by atoms with E-state index in [4.69, 9.17) is 11.3 Å². The summed E-state index contributed by atoms with van der Waals surface area (Å²) in [6.07, 6.45) is 5.53. The van der Waals surface area contributed by atoms with Crippen molar-refractivity contribution in [2.24, 2.45) is 28.0 Å². The molecule has 0 bridgehead atoms. The van der Waals surface area contributed by atoms with Crippen LogP contribution in [-0.4, -0.2) is 35.2 Å². The summed E-state index contributed by atoms with van der Waals surface area (Å²) in [4.78, 5) is 27.7. The summed E-state index contributed by atoms with van der Waals surface area (Å²) >= 11 is 0. The van der Waals surface area contributed by atoms with Crippen molar-refractivity contribution < 1.29 is 32.9 Å². The van der Waals surface area contributed by atoms with E-state index in [9.17, 15) is 22.8 Å². The van der Waals surface area contributed by atoms with Crippen LogP contribution in [-0.2, 0) is 6.54 Å². The number of benzene rings is 2. The molecule has 2 saturated carbocycles. The molecule has 0 radical (unpaired) electrons. The fourth-order valence-electron chi connectivity index (χ4n) is 6.03. The quantitative estimate of drug-likeness (QED) is 0.119. The number of urea groups is 1. The van der Waals surface area contributed by atoms with Crippen molar-refractivity contribution in [2.45, 2.75) is 76.7 Å². The fraction of sp³-hybridized carbons (Fsp3) is 0.483. The van der Waals surface area contributed by atoms with Gasteiger partial charge in [0.25, 0.3) is 0 Å². The van der Waals surface area contributed by atoms with E-state index in [1.807, 2.05) is 0 Å². The van der Waals surface area contributed by atoms with Crippen LogP contribution in [0.25, 0.3) is 0 Å². The number of halogens is 3. The number of nitrogens with two attached hydrogens (primary N) is 2. The van der Waals surface area contributed by atoms with Crippen LogP contribution in [0.1, 0.15) is 73.7 Å². The molecule has 0 aromatic heterocycles. The third kappa shape index (κ3) is 8.92. The summed E-state index contributed by atoms with van der Waals surface area (Å²) in [5, 5.41) is 17.1. The normalized spacial score (nSPS) is 19.7. The zero-order valence-corrected chi connectivity index (χ0v) is 23.3. The van der Waals surface area contributed by atoms with Crippen molar-refractivity contribution in [3.63, 3.8) is 0 Å². The molecule has 2 aliphatic rings. The maximum absolute atomic E-state index is 13.6. The second-order valence-corrected chi connectivity index (χ2v) is 10.8. The number of carbonyl (C=O) groups excluding carboxylic acids is 2. The number of rotatable bonds is 7. The molecular weight excluding hydrogens is 551 g/mol. The summed E-state index contributed by atoms with van der Waals surface area (Å²) in [7, 11) is 0. The van der Waals surface area contributed by atoms with Crippen molar-refractivity contribution in [3.05, 3.63) is 59.7 Å². The number of guanidine groups is 1. The zero-order chi connectivity index (χ0) is 30.1. The van der Waals surface area contributed by atoms with Gasteiger partial charge in [0, 0.05) is 23.5 Å². The van der Waals surface area contributed by atoms with E-state index < -0.39 is 12.3 Å². The molecule has 0 heterocycles. The summed E-state index contributed by atoms with van der Waals surface area (Å²) in [5.41, 5.74) is 1.49. The zero-order valence-electron chi connectivity index (χ0n) is 23.3. The lowest BCUT2D eigenvalue weighted by atomic mass is 9.72. The van der Waals surface area contributed by atoms with Gasteiger partial charge in [-0.05, 0) is 79.5 Å². The Hall–Kier alpha value is -4.16. The monoisotopic (exact) mass is 588 g/mol. The molecule has 6 N–H and O–H groups in total. The molecule has 0 spiro atoms. The Balaban J connectivity index is 1.45. The molecule has 13 heteroatoms. The summed E-state index contributed by atoms with van der Waals surface area (Å²) in [5.74, 6) is 5.28. The molecule has 2 aliphatic carbocycles. The van der Waals surface area contributed by atoms with Crippen LogP contribution in [0, 0.1) is 11.8 Å². The van der Waals surface area contributed by atoms with Crippen molar-refractivity contribution in [3.8, 4) is 5.75 Å². The highest BCUT2D eigenvalue weighted by Crippen LogP contribution is 2.39. The second kappa shape index (κ2) is 14.1. The number of ether oxygens (including phenoxy) is 1. The topological polar surface area (TPSA) is 147 Å². The highest BCUT2D eigenvalue weighted by Gasteiger charge is 2.33. The number of alkyl halides is 3. The van der Waals surface area contributed by atoms with Crippen LogP contribution in [0.2, 0.25) is 0 Å². The number of amides is 3. The van der Waals surface area contributed by atoms with E-state index in [-0.39, 0.29) is 30.3 Å². The van der Waals surface area contributed by atoms with Gasteiger partial charge in [0.2, 0.25) is 0 Å². The van der Waals surface area contributed by atoms with Crippen LogP contribution < -0.4 is 26.6 Å².